The van der Waals surface area contributed by atoms with Gasteiger partial charge in [0.15, 0.2) is 0 Å². The normalized spacial score (nSPS) is 13.6. The zero-order chi connectivity index (χ0) is 15.3. The Labute approximate surface area is 118 Å². The zero-order valence-electron chi connectivity index (χ0n) is 11.3. The lowest BCUT2D eigenvalue weighted by Crippen LogP contribution is -2.38. The molecule has 6 nitrogen and oxygen atoms in total. The summed E-state index contributed by atoms with van der Waals surface area (Å²) < 4.78 is 37.5. The molecule has 1 unspecified atom stereocenters. The maximum Gasteiger partial charge on any atom is 0.405 e. The molecular formula is C10H16F3N5OS. The van der Waals surface area contributed by atoms with Crippen LogP contribution in [0, 0.1) is 5.92 Å². The Morgan fingerprint density at radius 3 is 2.60 bits per heavy atom. The molecule has 1 aromatic rings. The molecule has 1 heterocycles. The van der Waals surface area contributed by atoms with Crippen molar-refractivity contribution in [3.05, 3.63) is 0 Å². The van der Waals surface area contributed by atoms with E-state index in [1.807, 2.05) is 19.2 Å². The molecular weight excluding hydrogens is 295 g/mol. The van der Waals surface area contributed by atoms with Crippen LogP contribution in [0.1, 0.15) is 20.8 Å². The number of carbonyl (C=O) groups is 1. The van der Waals surface area contributed by atoms with Crippen molar-refractivity contribution in [3.63, 3.8) is 0 Å². The molecule has 0 saturated heterocycles. The number of amides is 1. The lowest BCUT2D eigenvalue weighted by Gasteiger charge is -2.13. The molecule has 0 bridgehead atoms. The molecule has 1 amide bonds. The average molecular weight is 311 g/mol. The van der Waals surface area contributed by atoms with Crippen molar-refractivity contribution in [1.29, 1.82) is 0 Å². The highest BCUT2D eigenvalue weighted by molar-refractivity contribution is 8.00. The second-order valence-electron chi connectivity index (χ2n) is 4.63. The largest absolute Gasteiger partial charge is 0.405 e. The Hall–Kier alpha value is -1.32. The van der Waals surface area contributed by atoms with Crippen LogP contribution in [-0.2, 0) is 11.3 Å². The summed E-state index contributed by atoms with van der Waals surface area (Å²) in [5, 5.41) is 12.6. The van der Waals surface area contributed by atoms with Gasteiger partial charge in [-0.15, -0.1) is 5.10 Å². The number of hydrogen-bond donors (Lipinski definition) is 1. The van der Waals surface area contributed by atoms with E-state index in [1.54, 1.807) is 0 Å². The van der Waals surface area contributed by atoms with Crippen LogP contribution in [0.3, 0.4) is 0 Å². The van der Waals surface area contributed by atoms with Crippen molar-refractivity contribution in [2.75, 3.05) is 6.54 Å². The minimum atomic E-state index is -4.42. The van der Waals surface area contributed by atoms with Crippen molar-refractivity contribution in [2.24, 2.45) is 5.92 Å². The molecule has 20 heavy (non-hydrogen) atoms. The molecule has 0 aliphatic carbocycles. The Balaban J connectivity index is 2.55. The number of rotatable bonds is 6. The van der Waals surface area contributed by atoms with Gasteiger partial charge >= 0.3 is 6.18 Å². The lowest BCUT2D eigenvalue weighted by atomic mass is 10.2. The first kappa shape index (κ1) is 16.7. The standard InChI is InChI=1S/C10H16F3N5OS/c1-6(2)4-18-9(15-16-17-18)20-7(3)8(19)14-5-10(11,12)13/h6-7H,4-5H2,1-3H3,(H,14,19). The molecule has 0 aliphatic rings. The minimum Gasteiger partial charge on any atom is -0.346 e. The van der Waals surface area contributed by atoms with Gasteiger partial charge in [0.25, 0.3) is 0 Å². The second-order valence-corrected chi connectivity index (χ2v) is 5.94. The molecule has 1 rings (SSSR count). The predicted octanol–water partition coefficient (Wildman–Crippen LogP) is 1.49. The average Bonchev–Trinajstić information content (AvgIpc) is 2.71. The van der Waals surface area contributed by atoms with Gasteiger partial charge in [-0.25, -0.2) is 4.68 Å². The highest BCUT2D eigenvalue weighted by Gasteiger charge is 2.29. The van der Waals surface area contributed by atoms with Crippen molar-refractivity contribution >= 4 is 17.7 Å². The van der Waals surface area contributed by atoms with Crippen LogP contribution in [0.15, 0.2) is 5.16 Å². The summed E-state index contributed by atoms with van der Waals surface area (Å²) in [6, 6.07) is 0. The number of tetrazole rings is 1. The Morgan fingerprint density at radius 1 is 1.40 bits per heavy atom. The fraction of sp³-hybridized carbons (Fsp3) is 0.800. The van der Waals surface area contributed by atoms with E-state index in [9.17, 15) is 18.0 Å². The highest BCUT2D eigenvalue weighted by Crippen LogP contribution is 2.21. The summed E-state index contributed by atoms with van der Waals surface area (Å²) in [5.74, 6) is -0.390. The fourth-order valence-corrected chi connectivity index (χ4v) is 2.11. The number of nitrogens with one attached hydrogen (secondary N) is 1. The molecule has 10 heteroatoms. The van der Waals surface area contributed by atoms with Crippen molar-refractivity contribution < 1.29 is 18.0 Å². The first-order chi connectivity index (χ1) is 9.19. The molecule has 0 fully saturated rings. The molecule has 114 valence electrons. The monoisotopic (exact) mass is 311 g/mol. The predicted molar refractivity (Wildman–Crippen MR) is 67.0 cm³/mol. The van der Waals surface area contributed by atoms with Gasteiger partial charge in [0.05, 0.1) is 5.25 Å². The number of hydrogen-bond acceptors (Lipinski definition) is 5. The number of nitrogens with zero attached hydrogens (tertiary/aromatic N) is 4. The molecule has 1 atom stereocenters. The van der Waals surface area contributed by atoms with Gasteiger partial charge in [0, 0.05) is 6.54 Å². The second kappa shape index (κ2) is 6.91. The third-order valence-electron chi connectivity index (χ3n) is 2.15. The van der Waals surface area contributed by atoms with Crippen LogP contribution in [0.25, 0.3) is 0 Å². The summed E-state index contributed by atoms with van der Waals surface area (Å²) in [7, 11) is 0. The van der Waals surface area contributed by atoms with E-state index in [2.05, 4.69) is 15.5 Å². The van der Waals surface area contributed by atoms with E-state index in [-0.39, 0.29) is 0 Å². The SMILES string of the molecule is CC(C)Cn1nnnc1SC(C)C(=O)NCC(F)(F)F. The van der Waals surface area contributed by atoms with Gasteiger partial charge in [0.1, 0.15) is 6.54 Å². The number of thioether (sulfide) groups is 1. The number of carbonyl (C=O) groups excluding carboxylic acids is 1. The van der Waals surface area contributed by atoms with Gasteiger partial charge in [-0.3, -0.25) is 4.79 Å². The van der Waals surface area contributed by atoms with Gasteiger partial charge in [0.2, 0.25) is 11.1 Å². The molecule has 0 aromatic carbocycles. The van der Waals surface area contributed by atoms with E-state index in [0.717, 1.165) is 11.8 Å². The van der Waals surface area contributed by atoms with Crippen LogP contribution in [0.4, 0.5) is 13.2 Å². The number of aromatic nitrogens is 4. The highest BCUT2D eigenvalue weighted by atomic mass is 32.2. The van der Waals surface area contributed by atoms with Crippen molar-refractivity contribution in [1.82, 2.24) is 25.5 Å². The summed E-state index contributed by atoms with van der Waals surface area (Å²) in [6.45, 7) is 4.70. The summed E-state index contributed by atoms with van der Waals surface area (Å²) in [5.41, 5.74) is 0. The van der Waals surface area contributed by atoms with Crippen molar-refractivity contribution in [2.45, 2.75) is 43.9 Å². The number of alkyl halides is 3. The van der Waals surface area contributed by atoms with E-state index >= 15 is 0 Å². The van der Waals surface area contributed by atoms with Gasteiger partial charge in [-0.2, -0.15) is 13.2 Å². The van der Waals surface area contributed by atoms with Crippen LogP contribution in [-0.4, -0.2) is 44.1 Å². The molecule has 1 aromatic heterocycles. The Bertz CT molecular complexity index is 448. The molecule has 0 saturated carbocycles. The first-order valence-electron chi connectivity index (χ1n) is 5.96. The first-order valence-corrected chi connectivity index (χ1v) is 6.84. The lowest BCUT2D eigenvalue weighted by molar-refractivity contribution is -0.137. The molecule has 1 N–H and O–H groups in total. The van der Waals surface area contributed by atoms with E-state index in [4.69, 9.17) is 0 Å². The number of halogens is 3. The third-order valence-corrected chi connectivity index (χ3v) is 3.22. The summed E-state index contributed by atoms with van der Waals surface area (Å²) in [6.07, 6.45) is -4.42. The quantitative estimate of drug-likeness (QED) is 0.806. The van der Waals surface area contributed by atoms with Gasteiger partial charge in [-0.1, -0.05) is 25.6 Å². The van der Waals surface area contributed by atoms with Crippen LogP contribution >= 0.6 is 11.8 Å². The van der Waals surface area contributed by atoms with E-state index < -0.39 is 23.9 Å². The van der Waals surface area contributed by atoms with Crippen molar-refractivity contribution in [3.8, 4) is 0 Å². The molecule has 0 radical (unpaired) electrons. The van der Waals surface area contributed by atoms with Crippen LogP contribution in [0.2, 0.25) is 0 Å². The van der Waals surface area contributed by atoms with Gasteiger partial charge in [-0.05, 0) is 23.3 Å². The maximum absolute atomic E-state index is 12.0. The Morgan fingerprint density at radius 2 is 2.05 bits per heavy atom. The zero-order valence-corrected chi connectivity index (χ0v) is 12.1. The molecule has 0 spiro atoms. The molecule has 0 aliphatic heterocycles. The fourth-order valence-electron chi connectivity index (χ4n) is 1.28. The third kappa shape index (κ3) is 5.76. The van der Waals surface area contributed by atoms with Gasteiger partial charge < -0.3 is 5.32 Å². The topological polar surface area (TPSA) is 72.7 Å². The minimum absolute atomic E-state index is 0.312. The summed E-state index contributed by atoms with van der Waals surface area (Å²) >= 11 is 1.02. The van der Waals surface area contributed by atoms with E-state index in [0.29, 0.717) is 17.6 Å². The van der Waals surface area contributed by atoms with Crippen LogP contribution < -0.4 is 5.32 Å². The van der Waals surface area contributed by atoms with Crippen LogP contribution in [0.5, 0.6) is 0 Å². The maximum atomic E-state index is 12.0. The Kier molecular flexibility index (Phi) is 5.78. The summed E-state index contributed by atoms with van der Waals surface area (Å²) in [4.78, 5) is 11.5. The van der Waals surface area contributed by atoms with E-state index in [1.165, 1.54) is 11.6 Å². The smallest absolute Gasteiger partial charge is 0.346 e.